The molecule has 1 unspecified atom stereocenters. The number of hydrogen-bond donors (Lipinski definition) is 1. The Morgan fingerprint density at radius 2 is 2.07 bits per heavy atom. The molecule has 1 N–H and O–H groups in total. The van der Waals surface area contributed by atoms with Crippen LogP contribution in [0.2, 0.25) is 0 Å². The molecule has 0 aliphatic heterocycles. The maximum absolute atomic E-state index is 12.1. The van der Waals surface area contributed by atoms with Gasteiger partial charge in [-0.2, -0.15) is 18.4 Å². The van der Waals surface area contributed by atoms with E-state index in [-0.39, 0.29) is 6.54 Å². The van der Waals surface area contributed by atoms with Gasteiger partial charge in [-0.15, -0.1) is 0 Å². The van der Waals surface area contributed by atoms with Gasteiger partial charge in [-0.25, -0.2) is 0 Å². The lowest BCUT2D eigenvalue weighted by Gasteiger charge is -2.13. The molecule has 1 aliphatic carbocycles. The van der Waals surface area contributed by atoms with Crippen molar-refractivity contribution in [2.75, 3.05) is 13.1 Å². The van der Waals surface area contributed by atoms with Gasteiger partial charge in [0.25, 0.3) is 0 Å². The summed E-state index contributed by atoms with van der Waals surface area (Å²) in [5.41, 5.74) is 0. The molecule has 2 nitrogen and oxygen atoms in total. The molecule has 0 saturated heterocycles. The first-order valence-corrected chi connectivity index (χ1v) is 5.21. The maximum atomic E-state index is 12.1. The van der Waals surface area contributed by atoms with Crippen LogP contribution in [0.4, 0.5) is 13.2 Å². The molecular weight excluding hydrogens is 205 g/mol. The quantitative estimate of drug-likeness (QED) is 0.698. The van der Waals surface area contributed by atoms with Gasteiger partial charge in [0, 0.05) is 6.54 Å². The molecule has 86 valence electrons. The van der Waals surface area contributed by atoms with Gasteiger partial charge in [-0.3, -0.25) is 0 Å². The molecule has 1 aliphatic rings. The van der Waals surface area contributed by atoms with Gasteiger partial charge in [0.15, 0.2) is 5.92 Å². The monoisotopic (exact) mass is 220 g/mol. The Balaban J connectivity index is 2.04. The van der Waals surface area contributed by atoms with Crippen molar-refractivity contribution in [1.29, 1.82) is 5.26 Å². The second-order valence-electron chi connectivity index (χ2n) is 4.01. The highest BCUT2D eigenvalue weighted by Crippen LogP contribution is 2.33. The molecule has 0 aromatic heterocycles. The number of nitrogens with one attached hydrogen (secondary N) is 1. The zero-order valence-corrected chi connectivity index (χ0v) is 8.48. The van der Waals surface area contributed by atoms with E-state index in [4.69, 9.17) is 5.26 Å². The summed E-state index contributed by atoms with van der Waals surface area (Å²) in [6, 6.07) is 1.27. The minimum atomic E-state index is -4.40. The highest BCUT2D eigenvalue weighted by atomic mass is 19.4. The SMILES string of the molecule is N#CC(CNCCCC1CC1)C(F)(F)F. The van der Waals surface area contributed by atoms with E-state index in [2.05, 4.69) is 5.32 Å². The van der Waals surface area contributed by atoms with Crippen LogP contribution in [-0.4, -0.2) is 19.3 Å². The van der Waals surface area contributed by atoms with Crippen molar-refractivity contribution in [2.45, 2.75) is 31.9 Å². The minimum absolute atomic E-state index is 0.287. The smallest absolute Gasteiger partial charge is 0.315 e. The van der Waals surface area contributed by atoms with Crippen LogP contribution in [0.5, 0.6) is 0 Å². The van der Waals surface area contributed by atoms with Crippen molar-refractivity contribution in [2.24, 2.45) is 11.8 Å². The highest BCUT2D eigenvalue weighted by molar-refractivity contribution is 4.89. The molecule has 0 aromatic rings. The Morgan fingerprint density at radius 3 is 2.53 bits per heavy atom. The van der Waals surface area contributed by atoms with Crippen LogP contribution in [0.15, 0.2) is 0 Å². The van der Waals surface area contributed by atoms with Crippen LogP contribution in [0.1, 0.15) is 25.7 Å². The largest absolute Gasteiger partial charge is 0.405 e. The number of hydrogen-bond acceptors (Lipinski definition) is 2. The molecule has 0 bridgehead atoms. The van der Waals surface area contributed by atoms with Crippen LogP contribution < -0.4 is 5.32 Å². The Hall–Kier alpha value is -0.760. The summed E-state index contributed by atoms with van der Waals surface area (Å²) in [5.74, 6) is -1.07. The van der Waals surface area contributed by atoms with Crippen molar-refractivity contribution >= 4 is 0 Å². The molecule has 1 rings (SSSR count). The van der Waals surface area contributed by atoms with Crippen LogP contribution >= 0.6 is 0 Å². The molecule has 0 aromatic carbocycles. The van der Waals surface area contributed by atoms with Gasteiger partial charge >= 0.3 is 6.18 Å². The van der Waals surface area contributed by atoms with E-state index < -0.39 is 12.1 Å². The lowest BCUT2D eigenvalue weighted by atomic mass is 10.1. The predicted molar refractivity (Wildman–Crippen MR) is 50.0 cm³/mol. The van der Waals surface area contributed by atoms with E-state index in [0.717, 1.165) is 18.8 Å². The van der Waals surface area contributed by atoms with E-state index in [0.29, 0.717) is 6.54 Å². The van der Waals surface area contributed by atoms with Gasteiger partial charge in [0.05, 0.1) is 6.07 Å². The maximum Gasteiger partial charge on any atom is 0.405 e. The summed E-state index contributed by atoms with van der Waals surface area (Å²) in [6.45, 7) is 0.287. The average molecular weight is 220 g/mol. The molecule has 1 saturated carbocycles. The van der Waals surface area contributed by atoms with Crippen LogP contribution in [0.25, 0.3) is 0 Å². The number of nitrogens with zero attached hydrogens (tertiary/aromatic N) is 1. The highest BCUT2D eigenvalue weighted by Gasteiger charge is 2.39. The Morgan fingerprint density at radius 1 is 1.40 bits per heavy atom. The average Bonchev–Trinajstić information content (AvgIpc) is 2.92. The minimum Gasteiger partial charge on any atom is -0.315 e. The predicted octanol–water partition coefficient (Wildman–Crippen LogP) is 2.47. The van der Waals surface area contributed by atoms with Crippen molar-refractivity contribution in [3.8, 4) is 6.07 Å². The standard InChI is InChI=1S/C10H15F3N2/c11-10(12,13)9(6-14)7-15-5-1-2-8-3-4-8/h8-9,15H,1-5,7H2. The molecule has 1 atom stereocenters. The van der Waals surface area contributed by atoms with E-state index in [1.54, 1.807) is 0 Å². The third-order valence-electron chi connectivity index (χ3n) is 2.56. The van der Waals surface area contributed by atoms with E-state index in [1.807, 2.05) is 0 Å². The van der Waals surface area contributed by atoms with Gasteiger partial charge in [0.2, 0.25) is 0 Å². The first kappa shape index (κ1) is 12.3. The summed E-state index contributed by atoms with van der Waals surface area (Å²) in [6.07, 6.45) is 0.127. The summed E-state index contributed by atoms with van der Waals surface area (Å²) < 4.78 is 36.3. The second-order valence-corrected chi connectivity index (χ2v) is 4.01. The molecule has 0 spiro atoms. The number of rotatable bonds is 6. The Labute approximate surface area is 87.5 Å². The van der Waals surface area contributed by atoms with Gasteiger partial charge < -0.3 is 5.32 Å². The topological polar surface area (TPSA) is 35.8 Å². The molecule has 15 heavy (non-hydrogen) atoms. The van der Waals surface area contributed by atoms with E-state index in [9.17, 15) is 13.2 Å². The van der Waals surface area contributed by atoms with Crippen molar-refractivity contribution in [1.82, 2.24) is 5.32 Å². The molecule has 5 heteroatoms. The fourth-order valence-electron chi connectivity index (χ4n) is 1.40. The van der Waals surface area contributed by atoms with Crippen molar-refractivity contribution in [3.05, 3.63) is 0 Å². The number of halogens is 3. The molecule has 0 heterocycles. The van der Waals surface area contributed by atoms with Crippen LogP contribution in [-0.2, 0) is 0 Å². The summed E-state index contributed by atoms with van der Waals surface area (Å²) in [7, 11) is 0. The van der Waals surface area contributed by atoms with Gasteiger partial charge in [0.1, 0.15) is 0 Å². The molecule has 1 fully saturated rings. The normalized spacial score (nSPS) is 18.5. The lowest BCUT2D eigenvalue weighted by molar-refractivity contribution is -0.157. The summed E-state index contributed by atoms with van der Waals surface area (Å²) >= 11 is 0. The fourth-order valence-corrected chi connectivity index (χ4v) is 1.40. The van der Waals surface area contributed by atoms with Gasteiger partial charge in [-0.05, 0) is 25.3 Å². The summed E-state index contributed by atoms with van der Waals surface area (Å²) in [5, 5.41) is 11.0. The van der Waals surface area contributed by atoms with Crippen LogP contribution in [0, 0.1) is 23.2 Å². The Bertz CT molecular complexity index is 228. The molecular formula is C10H15F3N2. The van der Waals surface area contributed by atoms with Crippen molar-refractivity contribution < 1.29 is 13.2 Å². The molecule has 0 amide bonds. The van der Waals surface area contributed by atoms with Crippen LogP contribution in [0.3, 0.4) is 0 Å². The van der Waals surface area contributed by atoms with Crippen molar-refractivity contribution in [3.63, 3.8) is 0 Å². The van der Waals surface area contributed by atoms with E-state index >= 15 is 0 Å². The summed E-state index contributed by atoms with van der Waals surface area (Å²) in [4.78, 5) is 0. The zero-order chi connectivity index (χ0) is 11.3. The molecule has 0 radical (unpaired) electrons. The second kappa shape index (κ2) is 5.36. The van der Waals surface area contributed by atoms with E-state index in [1.165, 1.54) is 18.9 Å². The van der Waals surface area contributed by atoms with Gasteiger partial charge in [-0.1, -0.05) is 12.8 Å². The number of alkyl halides is 3. The third-order valence-corrected chi connectivity index (χ3v) is 2.56. The third kappa shape index (κ3) is 5.03. The lowest BCUT2D eigenvalue weighted by Crippen LogP contribution is -2.32. The Kier molecular flexibility index (Phi) is 4.40. The fraction of sp³-hybridized carbons (Fsp3) is 0.900. The first-order valence-electron chi connectivity index (χ1n) is 5.21. The zero-order valence-electron chi connectivity index (χ0n) is 8.48. The first-order chi connectivity index (χ1) is 7.04. The number of nitriles is 1.